The fraction of sp³-hybridized carbons (Fsp3) is 0.909. The molecule has 0 amide bonds. The zero-order chi connectivity index (χ0) is 11.4. The average molecular weight is 229 g/mol. The van der Waals surface area contributed by atoms with Gasteiger partial charge in [-0.25, -0.2) is 0 Å². The second-order valence-electron chi connectivity index (χ2n) is 4.77. The Hall–Kier alpha value is -0.190. The van der Waals surface area contributed by atoms with Gasteiger partial charge in [-0.15, -0.1) is 0 Å². The van der Waals surface area contributed by atoms with E-state index in [9.17, 15) is 0 Å². The van der Waals surface area contributed by atoms with E-state index < -0.39 is 0 Å². The van der Waals surface area contributed by atoms with Gasteiger partial charge in [0.15, 0.2) is 0 Å². The summed E-state index contributed by atoms with van der Waals surface area (Å²) >= 11 is 4.96. The highest BCUT2D eigenvalue weighted by Crippen LogP contribution is 2.17. The van der Waals surface area contributed by atoms with E-state index in [1.165, 1.54) is 19.4 Å². The summed E-state index contributed by atoms with van der Waals surface area (Å²) in [4.78, 5) is 5.46. The van der Waals surface area contributed by atoms with Crippen molar-refractivity contribution in [2.24, 2.45) is 5.73 Å². The van der Waals surface area contributed by atoms with Crippen LogP contribution < -0.4 is 5.73 Å². The van der Waals surface area contributed by atoms with Crippen molar-refractivity contribution in [1.82, 2.24) is 9.80 Å². The lowest BCUT2D eigenvalue weighted by Gasteiger charge is -2.39. The zero-order valence-electron chi connectivity index (χ0n) is 10.1. The van der Waals surface area contributed by atoms with Gasteiger partial charge in [-0.1, -0.05) is 12.2 Å². The number of nitrogens with zero attached hydrogens (tertiary/aromatic N) is 2. The van der Waals surface area contributed by atoms with Crippen molar-refractivity contribution in [1.29, 1.82) is 0 Å². The molecule has 2 atom stereocenters. The molecule has 0 aromatic rings. The van der Waals surface area contributed by atoms with Gasteiger partial charge >= 0.3 is 0 Å². The molecule has 1 saturated heterocycles. The molecule has 1 rings (SSSR count). The molecule has 0 bridgehead atoms. The van der Waals surface area contributed by atoms with Crippen molar-refractivity contribution in [3.8, 4) is 0 Å². The smallest absolute Gasteiger partial charge is 0.0742 e. The Labute approximate surface area is 98.6 Å². The van der Waals surface area contributed by atoms with Gasteiger partial charge in [0.2, 0.25) is 0 Å². The molecule has 88 valence electrons. The molecule has 0 aromatic carbocycles. The maximum absolute atomic E-state index is 5.59. The van der Waals surface area contributed by atoms with Crippen molar-refractivity contribution < 1.29 is 0 Å². The van der Waals surface area contributed by atoms with Crippen LogP contribution in [0.4, 0.5) is 0 Å². The highest BCUT2D eigenvalue weighted by atomic mass is 32.1. The topological polar surface area (TPSA) is 32.5 Å². The summed E-state index contributed by atoms with van der Waals surface area (Å²) in [6.07, 6.45) is 3.43. The van der Waals surface area contributed by atoms with Crippen molar-refractivity contribution in [3.63, 3.8) is 0 Å². The third-order valence-electron chi connectivity index (χ3n) is 3.28. The Morgan fingerprint density at radius 2 is 2.27 bits per heavy atom. The Balaban J connectivity index is 2.44. The molecule has 0 aromatic heterocycles. The van der Waals surface area contributed by atoms with Gasteiger partial charge in [0.25, 0.3) is 0 Å². The number of rotatable bonds is 4. The van der Waals surface area contributed by atoms with Crippen LogP contribution in [-0.2, 0) is 0 Å². The average Bonchev–Trinajstić information content (AvgIpc) is 2.17. The highest BCUT2D eigenvalue weighted by molar-refractivity contribution is 7.80. The van der Waals surface area contributed by atoms with Crippen molar-refractivity contribution >= 4 is 17.2 Å². The number of nitrogens with two attached hydrogens (primary N) is 1. The molecule has 1 aliphatic heterocycles. The normalized spacial score (nSPS) is 25.5. The van der Waals surface area contributed by atoms with E-state index in [-0.39, 0.29) is 0 Å². The minimum atomic E-state index is 0.491. The molecular weight excluding hydrogens is 206 g/mol. The predicted octanol–water partition coefficient (Wildman–Crippen LogP) is 1.08. The third kappa shape index (κ3) is 4.05. The summed E-state index contributed by atoms with van der Waals surface area (Å²) in [6, 6.07) is 1.18. The number of piperidine rings is 1. The van der Waals surface area contributed by atoms with Gasteiger partial charge < -0.3 is 10.6 Å². The summed E-state index contributed by atoms with van der Waals surface area (Å²) in [6.45, 7) is 4.56. The maximum atomic E-state index is 5.59. The van der Waals surface area contributed by atoms with E-state index >= 15 is 0 Å². The van der Waals surface area contributed by atoms with Crippen molar-refractivity contribution in [2.75, 3.05) is 27.2 Å². The van der Waals surface area contributed by atoms with E-state index in [0.29, 0.717) is 17.1 Å². The van der Waals surface area contributed by atoms with Crippen LogP contribution >= 0.6 is 12.2 Å². The molecule has 0 radical (unpaired) electrons. The predicted molar refractivity (Wildman–Crippen MR) is 69.1 cm³/mol. The van der Waals surface area contributed by atoms with Gasteiger partial charge in [0.05, 0.1) is 4.99 Å². The molecule has 2 unspecified atom stereocenters. The minimum Gasteiger partial charge on any atom is -0.393 e. The van der Waals surface area contributed by atoms with Crippen LogP contribution in [0.5, 0.6) is 0 Å². The summed E-state index contributed by atoms with van der Waals surface area (Å²) < 4.78 is 0. The van der Waals surface area contributed by atoms with Crippen LogP contribution in [0.25, 0.3) is 0 Å². The van der Waals surface area contributed by atoms with Gasteiger partial charge in [-0.3, -0.25) is 4.90 Å². The molecular formula is C11H23N3S. The fourth-order valence-electron chi connectivity index (χ4n) is 2.23. The number of hydrogen-bond acceptors (Lipinski definition) is 3. The van der Waals surface area contributed by atoms with Crippen molar-refractivity contribution in [2.45, 2.75) is 38.3 Å². The Kier molecular flexibility index (Phi) is 4.96. The first kappa shape index (κ1) is 12.9. The Bertz CT molecular complexity index is 218. The molecule has 1 aliphatic rings. The minimum absolute atomic E-state index is 0.491. The monoisotopic (exact) mass is 229 g/mol. The van der Waals surface area contributed by atoms with Gasteiger partial charge in [0, 0.05) is 25.0 Å². The molecule has 0 saturated carbocycles. The first-order chi connectivity index (χ1) is 7.00. The SMILES string of the molecule is CC(CC(N)=S)N1CCCC(N(C)C)C1. The standard InChI is InChI=1S/C11H23N3S/c1-9(7-11(12)15)14-6-4-5-10(8-14)13(2)3/h9-10H,4-8H2,1-3H3,(H2,12,15). The molecule has 0 aliphatic carbocycles. The van der Waals surface area contributed by atoms with E-state index in [2.05, 4.69) is 30.8 Å². The van der Waals surface area contributed by atoms with Gasteiger partial charge in [-0.05, 0) is 40.4 Å². The lowest BCUT2D eigenvalue weighted by Crippen LogP contribution is -2.49. The van der Waals surface area contributed by atoms with Crippen LogP contribution in [-0.4, -0.2) is 54.1 Å². The van der Waals surface area contributed by atoms with Gasteiger partial charge in [-0.2, -0.15) is 0 Å². The molecule has 1 fully saturated rings. The zero-order valence-corrected chi connectivity index (χ0v) is 10.9. The maximum Gasteiger partial charge on any atom is 0.0742 e. The first-order valence-electron chi connectivity index (χ1n) is 5.69. The van der Waals surface area contributed by atoms with E-state index in [4.69, 9.17) is 18.0 Å². The number of likely N-dealkylation sites (tertiary alicyclic amines) is 1. The second-order valence-corrected chi connectivity index (χ2v) is 5.30. The van der Waals surface area contributed by atoms with Gasteiger partial charge in [0.1, 0.15) is 0 Å². The van der Waals surface area contributed by atoms with E-state index in [0.717, 1.165) is 13.0 Å². The fourth-order valence-corrected chi connectivity index (χ4v) is 2.47. The van der Waals surface area contributed by atoms with E-state index in [1.807, 2.05) is 0 Å². The van der Waals surface area contributed by atoms with Crippen LogP contribution in [0, 0.1) is 0 Å². The highest BCUT2D eigenvalue weighted by Gasteiger charge is 2.24. The molecule has 3 nitrogen and oxygen atoms in total. The van der Waals surface area contributed by atoms with Crippen LogP contribution in [0.15, 0.2) is 0 Å². The third-order valence-corrected chi connectivity index (χ3v) is 3.44. The van der Waals surface area contributed by atoms with Crippen LogP contribution in [0.1, 0.15) is 26.2 Å². The number of likely N-dealkylation sites (N-methyl/N-ethyl adjacent to an activating group) is 1. The number of hydrogen-bond donors (Lipinski definition) is 1. The largest absolute Gasteiger partial charge is 0.393 e. The molecule has 15 heavy (non-hydrogen) atoms. The molecule has 4 heteroatoms. The first-order valence-corrected chi connectivity index (χ1v) is 6.10. The summed E-state index contributed by atoms with van der Waals surface area (Å²) in [5.74, 6) is 0. The lowest BCUT2D eigenvalue weighted by atomic mass is 10.0. The Morgan fingerprint density at radius 3 is 2.80 bits per heavy atom. The summed E-state index contributed by atoms with van der Waals surface area (Å²) in [5.41, 5.74) is 5.59. The molecule has 1 heterocycles. The van der Waals surface area contributed by atoms with E-state index in [1.54, 1.807) is 0 Å². The molecule has 2 N–H and O–H groups in total. The number of thiocarbonyl (C=S) groups is 1. The summed E-state index contributed by atoms with van der Waals surface area (Å²) in [5, 5.41) is 0. The lowest BCUT2D eigenvalue weighted by molar-refractivity contribution is 0.105. The second kappa shape index (κ2) is 5.77. The van der Waals surface area contributed by atoms with Crippen molar-refractivity contribution in [3.05, 3.63) is 0 Å². The van der Waals surface area contributed by atoms with Crippen LogP contribution in [0.3, 0.4) is 0 Å². The Morgan fingerprint density at radius 1 is 1.60 bits per heavy atom. The molecule has 0 spiro atoms. The quantitative estimate of drug-likeness (QED) is 0.731. The van der Waals surface area contributed by atoms with Crippen LogP contribution in [0.2, 0.25) is 0 Å². The summed E-state index contributed by atoms with van der Waals surface area (Å²) in [7, 11) is 4.32.